The number of alkyl halides is 18. The molecule has 0 bridgehead atoms. The van der Waals surface area contributed by atoms with Gasteiger partial charge in [0.15, 0.2) is 11.2 Å². The van der Waals surface area contributed by atoms with Gasteiger partial charge in [-0.25, -0.2) is 0 Å². The topological polar surface area (TPSA) is 118 Å². The minimum atomic E-state index is -6.57. The van der Waals surface area contributed by atoms with Gasteiger partial charge in [0.1, 0.15) is 12.2 Å². The summed E-state index contributed by atoms with van der Waals surface area (Å²) in [6.45, 7) is 13.3. The smallest absolute Gasteiger partial charge is 0.379 e. The molecule has 0 radical (unpaired) electrons. The predicted octanol–water partition coefficient (Wildman–Crippen LogP) is 11.6. The fourth-order valence-corrected chi connectivity index (χ4v) is 7.43. The highest BCUT2D eigenvalue weighted by Crippen LogP contribution is 2.54. The summed E-state index contributed by atoms with van der Waals surface area (Å²) < 4.78 is 277. The molecule has 394 valence electrons. The Morgan fingerprint density at radius 1 is 0.403 bits per heavy atom. The minimum absolute atomic E-state index is 0.0936. The molecule has 0 fully saturated rings. The molecule has 0 aliphatic heterocycles. The number of allylic oxidation sites excluding steroid dienone is 1. The van der Waals surface area contributed by atoms with Crippen molar-refractivity contribution in [3.05, 3.63) is 40.5 Å². The Labute approximate surface area is 374 Å². The summed E-state index contributed by atoms with van der Waals surface area (Å²) in [6.07, 6.45) is -49.0. The number of hydrogen-bond acceptors (Lipinski definition) is 8. The molecule has 67 heavy (non-hydrogen) atoms. The number of benzene rings is 1. The molecule has 0 aliphatic carbocycles. The van der Waals surface area contributed by atoms with Crippen molar-refractivity contribution in [2.75, 3.05) is 0 Å². The molecule has 0 spiro atoms. The summed E-state index contributed by atoms with van der Waals surface area (Å²) in [4.78, 5) is 0. The summed E-state index contributed by atoms with van der Waals surface area (Å²) in [5.74, 6) is 0. The van der Waals surface area contributed by atoms with Gasteiger partial charge in [0.25, 0.3) is 11.2 Å². The third-order valence-electron chi connectivity index (χ3n) is 11.8. The van der Waals surface area contributed by atoms with Crippen molar-refractivity contribution < 1.29 is 118 Å². The van der Waals surface area contributed by atoms with Gasteiger partial charge in [-0.15, -0.1) is 0 Å². The van der Waals surface area contributed by atoms with E-state index >= 15 is 0 Å². The van der Waals surface area contributed by atoms with Gasteiger partial charge >= 0.3 is 37.1 Å². The lowest BCUT2D eigenvalue weighted by Gasteiger charge is -2.47. The lowest BCUT2D eigenvalue weighted by Crippen LogP contribution is -2.65. The van der Waals surface area contributed by atoms with Crippen LogP contribution in [0.3, 0.4) is 0 Å². The highest BCUT2D eigenvalue weighted by molar-refractivity contribution is 5.74. The maximum atomic E-state index is 14.2. The van der Waals surface area contributed by atoms with Crippen LogP contribution >= 0.6 is 0 Å². The van der Waals surface area contributed by atoms with Gasteiger partial charge in [0.2, 0.25) is 0 Å². The van der Waals surface area contributed by atoms with Crippen LogP contribution in [0.15, 0.2) is 12.6 Å². The van der Waals surface area contributed by atoms with E-state index in [1.807, 2.05) is 0 Å². The second-order valence-corrected chi connectivity index (χ2v) is 18.8. The predicted molar refractivity (Wildman–Crippen MR) is 203 cm³/mol. The Kier molecular flexibility index (Phi) is 17.0. The van der Waals surface area contributed by atoms with Crippen molar-refractivity contribution in [3.63, 3.8) is 0 Å². The van der Waals surface area contributed by atoms with E-state index < -0.39 is 140 Å². The van der Waals surface area contributed by atoms with Gasteiger partial charge in [-0.2, -0.15) is 79.0 Å². The maximum Gasteiger partial charge on any atom is 0.428 e. The zero-order valence-electron chi connectivity index (χ0n) is 38.8. The van der Waals surface area contributed by atoms with Gasteiger partial charge < -0.3 is 39.4 Å². The number of hydrogen-bond donors (Lipinski definition) is 4. The van der Waals surface area contributed by atoms with E-state index in [0.717, 1.165) is 34.6 Å². The quantitative estimate of drug-likeness (QED) is 0.114. The van der Waals surface area contributed by atoms with E-state index in [1.54, 1.807) is 0 Å². The standard InChI is InChI=1S/C41H56F18O8/c1-18(2)25-26(30(11,12)64-19(3)32(15,60)36(42,43)44)23(28(7,8)66-21(5)34(62,38(48,49)50)39(51,52)53)17-24(27(25)31(13,14)65-20(4)33(16,61)37(45,46)47)29(9,10)67-22(6)35(63,40(54,55)56)41(57,58)59/h17,19-22,60-63H,1H2,2-16H3. The molecule has 1 rings (SSSR count). The Morgan fingerprint density at radius 2 is 0.612 bits per heavy atom. The Hall–Kier alpha value is -2.62. The second-order valence-electron chi connectivity index (χ2n) is 18.8. The molecule has 26 heteroatoms. The maximum absolute atomic E-state index is 14.2. The highest BCUT2D eigenvalue weighted by Gasteiger charge is 2.75. The average molecular weight is 1020 g/mol. The monoisotopic (exact) mass is 1020 g/mol. The summed E-state index contributed by atoms with van der Waals surface area (Å²) in [6, 6.07) is 0.590. The van der Waals surface area contributed by atoms with Crippen LogP contribution < -0.4 is 0 Å². The van der Waals surface area contributed by atoms with Crippen molar-refractivity contribution >= 4 is 5.57 Å². The number of rotatable bonds is 17. The largest absolute Gasteiger partial charge is 0.428 e. The van der Waals surface area contributed by atoms with Crippen molar-refractivity contribution in [2.24, 2.45) is 0 Å². The van der Waals surface area contributed by atoms with E-state index in [0.29, 0.717) is 47.6 Å². The van der Waals surface area contributed by atoms with Gasteiger partial charge in [-0.1, -0.05) is 12.2 Å². The van der Waals surface area contributed by atoms with Crippen LogP contribution in [-0.2, 0) is 41.4 Å². The van der Waals surface area contributed by atoms with Crippen LogP contribution in [0.5, 0.6) is 0 Å². The van der Waals surface area contributed by atoms with Gasteiger partial charge in [0.05, 0.1) is 34.6 Å². The van der Waals surface area contributed by atoms with Crippen molar-refractivity contribution in [2.45, 2.75) is 210 Å². The van der Waals surface area contributed by atoms with Crippen molar-refractivity contribution in [1.82, 2.24) is 0 Å². The Morgan fingerprint density at radius 3 is 0.791 bits per heavy atom. The fraction of sp³-hybridized carbons (Fsp3) is 0.805. The Balaban J connectivity index is 5.10. The summed E-state index contributed by atoms with van der Waals surface area (Å²) in [5.41, 5.74) is -34.0. The molecule has 0 amide bonds. The van der Waals surface area contributed by atoms with Crippen LogP contribution in [0.2, 0.25) is 0 Å². The molecule has 0 saturated carbocycles. The molecule has 1 aromatic rings. The van der Waals surface area contributed by atoms with E-state index in [4.69, 9.17) is 18.9 Å². The molecule has 0 heterocycles. The number of ether oxygens (including phenoxy) is 4. The zero-order valence-corrected chi connectivity index (χ0v) is 38.8. The van der Waals surface area contributed by atoms with Crippen molar-refractivity contribution in [3.8, 4) is 0 Å². The first-order valence-corrected chi connectivity index (χ1v) is 19.7. The molecule has 0 saturated heterocycles. The van der Waals surface area contributed by atoms with E-state index in [9.17, 15) is 99.5 Å². The van der Waals surface area contributed by atoms with Gasteiger partial charge in [-0.3, -0.25) is 0 Å². The summed E-state index contributed by atoms with van der Waals surface area (Å²) >= 11 is 0. The number of aliphatic hydroxyl groups is 4. The summed E-state index contributed by atoms with van der Waals surface area (Å²) in [7, 11) is 0. The molecular formula is C41H56F18O8. The average Bonchev–Trinajstić information content (AvgIpc) is 3.05. The third-order valence-corrected chi connectivity index (χ3v) is 11.8. The second kappa shape index (κ2) is 18.2. The first-order chi connectivity index (χ1) is 28.8. The molecule has 1 aromatic carbocycles. The number of halogens is 18. The van der Waals surface area contributed by atoms with E-state index in [-0.39, 0.29) is 27.7 Å². The lowest BCUT2D eigenvalue weighted by molar-refractivity contribution is -0.399. The minimum Gasteiger partial charge on any atom is -0.379 e. The molecule has 6 atom stereocenters. The van der Waals surface area contributed by atoms with Gasteiger partial charge in [0, 0.05) is 0 Å². The third kappa shape index (κ3) is 11.6. The van der Waals surface area contributed by atoms with Gasteiger partial charge in [-0.05, 0) is 138 Å². The normalized spacial score (nSPS) is 18.8. The van der Waals surface area contributed by atoms with E-state index in [2.05, 4.69) is 6.58 Å². The van der Waals surface area contributed by atoms with Crippen LogP contribution in [-0.4, -0.2) is 104 Å². The molecule has 6 unspecified atom stereocenters. The molecule has 0 aliphatic rings. The summed E-state index contributed by atoms with van der Waals surface area (Å²) in [5, 5.41) is 41.7. The van der Waals surface area contributed by atoms with E-state index in [1.165, 1.54) is 0 Å². The van der Waals surface area contributed by atoms with Crippen LogP contribution in [0, 0.1) is 0 Å². The Bertz CT molecular complexity index is 1760. The molecule has 4 N–H and O–H groups in total. The first kappa shape index (κ1) is 62.4. The van der Waals surface area contributed by atoms with Crippen LogP contribution in [0.1, 0.15) is 132 Å². The fourth-order valence-electron chi connectivity index (χ4n) is 7.43. The van der Waals surface area contributed by atoms with Crippen molar-refractivity contribution in [1.29, 1.82) is 0 Å². The van der Waals surface area contributed by atoms with Crippen LogP contribution in [0.25, 0.3) is 5.57 Å². The highest BCUT2D eigenvalue weighted by atomic mass is 19.4. The lowest BCUT2D eigenvalue weighted by atomic mass is 9.71. The molecule has 8 nitrogen and oxygen atoms in total. The SMILES string of the molecule is C=C(C)c1c(C(C)(C)OC(C)C(C)(O)C(F)(F)F)c(C(C)(C)OC(C)C(O)(C(F)(F)F)C(F)(F)F)cc(C(C)(C)OC(C)C(O)(C(F)(F)F)C(F)(F)F)c1C(C)(C)OC(C)C(C)(O)C(F)(F)F. The molecule has 0 aromatic heterocycles. The van der Waals surface area contributed by atoms with Crippen LogP contribution in [0.4, 0.5) is 79.0 Å². The molecular weight excluding hydrogens is 962 g/mol. The zero-order chi connectivity index (χ0) is 54.3. The first-order valence-electron chi connectivity index (χ1n) is 19.7.